The fraction of sp³-hybridized carbons (Fsp3) is 0.158. The predicted octanol–water partition coefficient (Wildman–Crippen LogP) is 8.14. The number of hydrogen-bond donors (Lipinski definition) is 2. The van der Waals surface area contributed by atoms with E-state index in [-0.39, 0.29) is 37.9 Å². The van der Waals surface area contributed by atoms with Crippen LogP contribution in [-0.2, 0) is 42.8 Å². The molecule has 1 aliphatic rings. The molecule has 0 unspecified atom stereocenters. The molecule has 1 aliphatic carbocycles. The summed E-state index contributed by atoms with van der Waals surface area (Å²) in [5.41, 5.74) is 6.50. The molecule has 9 nitrogen and oxygen atoms in total. The molecule has 6 rings (SSSR count). The van der Waals surface area contributed by atoms with Crippen molar-refractivity contribution in [3.63, 3.8) is 0 Å². The second-order valence-corrected chi connectivity index (χ2v) is 12.9. The van der Waals surface area contributed by atoms with Gasteiger partial charge in [-0.05, 0) is 51.1 Å². The number of aliphatic carboxylic acids is 1. The third-order valence-electron chi connectivity index (χ3n) is 7.98. The Kier molecular flexibility index (Phi) is 10.3. The standard InChI is InChI=1S/C38H34NO8P/c40-37(41)36(39-38(42)44-26-35-33-17-9-7-15-31(33)32-16-8-10-18-34(32)35)23-27-19-21-30(22-20-27)47-48(43,45-24-28-11-3-1-4-12-28)46-25-29-13-5-2-6-14-29/h1-22,35-36H,23-26H2,(H,39,42)(H,40,41)/t36-/m0/s1. The first kappa shape index (κ1) is 32.7. The van der Waals surface area contributed by atoms with E-state index in [2.05, 4.69) is 5.32 Å². The van der Waals surface area contributed by atoms with E-state index in [1.54, 1.807) is 24.3 Å². The minimum Gasteiger partial charge on any atom is -0.480 e. The summed E-state index contributed by atoms with van der Waals surface area (Å²) in [6.07, 6.45) is -0.844. The second kappa shape index (κ2) is 15.1. The number of amides is 1. The summed E-state index contributed by atoms with van der Waals surface area (Å²) in [6.45, 7) is 0.0800. The number of rotatable bonds is 14. The highest BCUT2D eigenvalue weighted by Gasteiger charge is 2.31. The third kappa shape index (κ3) is 8.19. The maximum absolute atomic E-state index is 13.7. The Morgan fingerprint density at radius 3 is 1.69 bits per heavy atom. The molecule has 0 saturated heterocycles. The molecular weight excluding hydrogens is 629 g/mol. The largest absolute Gasteiger partial charge is 0.530 e. The van der Waals surface area contributed by atoms with Crippen LogP contribution in [0.2, 0.25) is 0 Å². The quantitative estimate of drug-likeness (QED) is 0.114. The maximum Gasteiger partial charge on any atom is 0.530 e. The van der Waals surface area contributed by atoms with Crippen LogP contribution in [0.4, 0.5) is 4.79 Å². The van der Waals surface area contributed by atoms with Crippen molar-refractivity contribution in [2.75, 3.05) is 6.61 Å². The van der Waals surface area contributed by atoms with Gasteiger partial charge in [0.15, 0.2) is 0 Å². The smallest absolute Gasteiger partial charge is 0.480 e. The van der Waals surface area contributed by atoms with Gasteiger partial charge in [-0.2, -0.15) is 0 Å². The number of nitrogens with one attached hydrogen (secondary N) is 1. The lowest BCUT2D eigenvalue weighted by Gasteiger charge is -2.19. The highest BCUT2D eigenvalue weighted by molar-refractivity contribution is 7.48. The van der Waals surface area contributed by atoms with Gasteiger partial charge in [-0.3, -0.25) is 9.05 Å². The van der Waals surface area contributed by atoms with Crippen molar-refractivity contribution in [3.8, 4) is 16.9 Å². The fourth-order valence-electron chi connectivity index (χ4n) is 5.58. The van der Waals surface area contributed by atoms with Gasteiger partial charge in [0, 0.05) is 12.3 Å². The van der Waals surface area contributed by atoms with E-state index in [4.69, 9.17) is 18.3 Å². The Hall–Kier alpha value is -5.21. The number of benzene rings is 5. The van der Waals surface area contributed by atoms with Crippen molar-refractivity contribution < 1.29 is 37.6 Å². The molecule has 2 N–H and O–H groups in total. The van der Waals surface area contributed by atoms with Crippen LogP contribution in [0.15, 0.2) is 133 Å². The topological polar surface area (TPSA) is 120 Å². The Labute approximate surface area is 278 Å². The molecule has 1 amide bonds. The average molecular weight is 664 g/mol. The monoisotopic (exact) mass is 663 g/mol. The fourth-order valence-corrected chi connectivity index (χ4v) is 6.75. The number of carboxylic acid groups (broad SMARTS) is 1. The third-order valence-corrected chi connectivity index (χ3v) is 9.30. The lowest BCUT2D eigenvalue weighted by Crippen LogP contribution is -2.42. The van der Waals surface area contributed by atoms with Crippen molar-refractivity contribution in [2.45, 2.75) is 31.6 Å². The van der Waals surface area contributed by atoms with Gasteiger partial charge >= 0.3 is 19.9 Å². The van der Waals surface area contributed by atoms with Gasteiger partial charge in [0.05, 0.1) is 13.2 Å². The average Bonchev–Trinajstić information content (AvgIpc) is 3.44. The van der Waals surface area contributed by atoms with Crippen LogP contribution in [0.3, 0.4) is 0 Å². The van der Waals surface area contributed by atoms with Crippen molar-refractivity contribution in [1.82, 2.24) is 5.32 Å². The number of fused-ring (bicyclic) bond motifs is 3. The van der Waals surface area contributed by atoms with E-state index < -0.39 is 25.9 Å². The van der Waals surface area contributed by atoms with Gasteiger partial charge < -0.3 is 19.7 Å². The minimum atomic E-state index is -4.07. The Bertz CT molecular complexity index is 1810. The zero-order chi connectivity index (χ0) is 33.3. The van der Waals surface area contributed by atoms with Crippen molar-refractivity contribution in [1.29, 1.82) is 0 Å². The number of ether oxygens (including phenoxy) is 1. The van der Waals surface area contributed by atoms with Gasteiger partial charge in [0.2, 0.25) is 0 Å². The number of carbonyl (C=O) groups is 2. The lowest BCUT2D eigenvalue weighted by molar-refractivity contribution is -0.139. The number of phosphoric acid groups is 1. The summed E-state index contributed by atoms with van der Waals surface area (Å²) in [6, 6.07) is 39.5. The second-order valence-electron chi connectivity index (χ2n) is 11.3. The molecule has 0 radical (unpaired) electrons. The summed E-state index contributed by atoms with van der Waals surface area (Å²) in [7, 11) is -4.07. The van der Waals surface area contributed by atoms with Gasteiger partial charge in [0.1, 0.15) is 18.4 Å². The van der Waals surface area contributed by atoms with E-state index in [1.807, 2.05) is 109 Å². The van der Waals surface area contributed by atoms with Gasteiger partial charge in [-0.15, -0.1) is 0 Å². The van der Waals surface area contributed by atoms with E-state index in [1.165, 1.54) is 0 Å². The lowest BCUT2D eigenvalue weighted by atomic mass is 9.98. The summed E-state index contributed by atoms with van der Waals surface area (Å²) in [4.78, 5) is 24.9. The van der Waals surface area contributed by atoms with Crippen molar-refractivity contribution >= 4 is 19.9 Å². The van der Waals surface area contributed by atoms with Crippen LogP contribution in [0, 0.1) is 0 Å². The maximum atomic E-state index is 13.7. The van der Waals surface area contributed by atoms with Crippen LogP contribution >= 0.6 is 7.82 Å². The van der Waals surface area contributed by atoms with Crippen LogP contribution < -0.4 is 9.84 Å². The van der Waals surface area contributed by atoms with Crippen LogP contribution in [-0.4, -0.2) is 29.8 Å². The molecule has 0 bridgehead atoms. The molecule has 0 spiro atoms. The number of hydrogen-bond acceptors (Lipinski definition) is 7. The zero-order valence-electron chi connectivity index (χ0n) is 25.9. The minimum absolute atomic E-state index is 0.00677. The molecule has 0 aliphatic heterocycles. The van der Waals surface area contributed by atoms with Gasteiger partial charge in [0.25, 0.3) is 0 Å². The van der Waals surface area contributed by atoms with E-state index >= 15 is 0 Å². The van der Waals surface area contributed by atoms with Crippen molar-refractivity contribution in [2.24, 2.45) is 0 Å². The zero-order valence-corrected chi connectivity index (χ0v) is 26.8. The number of carbonyl (C=O) groups excluding carboxylic acids is 1. The van der Waals surface area contributed by atoms with Crippen LogP contribution in [0.5, 0.6) is 5.75 Å². The number of alkyl carbamates (subject to hydrolysis) is 1. The summed E-state index contributed by atoms with van der Waals surface area (Å²) < 4.78 is 36.4. The highest BCUT2D eigenvalue weighted by Crippen LogP contribution is 2.51. The van der Waals surface area contributed by atoms with E-state index in [9.17, 15) is 19.3 Å². The molecule has 5 aromatic rings. The molecule has 10 heteroatoms. The number of carboxylic acids is 1. The molecule has 48 heavy (non-hydrogen) atoms. The molecule has 0 fully saturated rings. The van der Waals surface area contributed by atoms with Gasteiger partial charge in [-0.25, -0.2) is 14.2 Å². The van der Waals surface area contributed by atoms with Crippen LogP contribution in [0.1, 0.15) is 33.7 Å². The highest BCUT2D eigenvalue weighted by atomic mass is 31.2. The summed E-state index contributed by atoms with van der Waals surface area (Å²) in [5.74, 6) is -1.15. The predicted molar refractivity (Wildman–Crippen MR) is 180 cm³/mol. The van der Waals surface area contributed by atoms with E-state index in [0.717, 1.165) is 33.4 Å². The first-order chi connectivity index (χ1) is 23.4. The molecule has 1 atom stereocenters. The number of phosphoric ester groups is 1. The van der Waals surface area contributed by atoms with Crippen LogP contribution in [0.25, 0.3) is 11.1 Å². The van der Waals surface area contributed by atoms with Gasteiger partial charge in [-0.1, -0.05) is 121 Å². The first-order valence-corrected chi connectivity index (χ1v) is 16.9. The normalized spacial score (nSPS) is 12.8. The molecule has 0 saturated carbocycles. The summed E-state index contributed by atoms with van der Waals surface area (Å²) in [5, 5.41) is 12.3. The molecule has 0 aromatic heterocycles. The SMILES string of the molecule is O=C(N[C@@H](Cc1ccc(OP(=O)(OCc2ccccc2)OCc2ccccc2)cc1)C(=O)O)OCC1c2ccccc2-c2ccccc21. The molecule has 244 valence electrons. The molecule has 5 aromatic carbocycles. The first-order valence-electron chi connectivity index (χ1n) is 15.5. The molecular formula is C38H34NO8P. The Morgan fingerprint density at radius 1 is 0.667 bits per heavy atom. The van der Waals surface area contributed by atoms with E-state index in [0.29, 0.717) is 5.56 Å². The Morgan fingerprint density at radius 2 is 1.17 bits per heavy atom. The van der Waals surface area contributed by atoms with Crippen molar-refractivity contribution in [3.05, 3.63) is 161 Å². The molecule has 0 heterocycles. The Balaban J connectivity index is 1.07. The summed E-state index contributed by atoms with van der Waals surface area (Å²) >= 11 is 0.